The summed E-state index contributed by atoms with van der Waals surface area (Å²) in [6, 6.07) is 4.86. The molecule has 0 radical (unpaired) electrons. The third-order valence-electron chi connectivity index (χ3n) is 9.00. The lowest BCUT2D eigenvalue weighted by Gasteiger charge is -2.36. The fraction of sp³-hybridized carbons (Fsp3) is 0.394. The highest BCUT2D eigenvalue weighted by Crippen LogP contribution is 2.34. The number of allylic oxidation sites excluding steroid dienone is 2. The maximum absolute atomic E-state index is 14.2. The molecule has 2 aliphatic rings. The van der Waals surface area contributed by atoms with Gasteiger partial charge in [-0.2, -0.15) is 27.9 Å². The lowest BCUT2D eigenvalue weighted by Crippen LogP contribution is -2.51. The maximum Gasteiger partial charge on any atom is 0.416 e. The summed E-state index contributed by atoms with van der Waals surface area (Å²) in [7, 11) is 0. The van der Waals surface area contributed by atoms with E-state index in [2.05, 4.69) is 31.4 Å². The first-order valence-electron chi connectivity index (χ1n) is 16.1. The third kappa shape index (κ3) is 6.96. The number of benzene rings is 1. The van der Waals surface area contributed by atoms with E-state index in [1.807, 2.05) is 6.08 Å². The van der Waals surface area contributed by atoms with E-state index in [0.29, 0.717) is 25.0 Å². The van der Waals surface area contributed by atoms with Gasteiger partial charge in [-0.1, -0.05) is 24.6 Å². The van der Waals surface area contributed by atoms with Crippen LogP contribution in [0.5, 0.6) is 5.75 Å². The van der Waals surface area contributed by atoms with E-state index in [-0.39, 0.29) is 83.7 Å². The van der Waals surface area contributed by atoms with Gasteiger partial charge in [0, 0.05) is 26.2 Å². The highest BCUT2D eigenvalue weighted by Gasteiger charge is 2.32. The van der Waals surface area contributed by atoms with Crippen LogP contribution >= 0.6 is 11.6 Å². The number of carbonyl (C=O) groups is 2. The van der Waals surface area contributed by atoms with Gasteiger partial charge in [-0.05, 0) is 56.4 Å². The number of hydrogen-bond donors (Lipinski definition) is 2. The van der Waals surface area contributed by atoms with Crippen LogP contribution in [0.3, 0.4) is 0 Å². The van der Waals surface area contributed by atoms with Gasteiger partial charge in [0.2, 0.25) is 11.7 Å². The van der Waals surface area contributed by atoms with Crippen LogP contribution in [0.25, 0.3) is 11.4 Å². The van der Waals surface area contributed by atoms with Crippen molar-refractivity contribution < 1.29 is 27.9 Å². The van der Waals surface area contributed by atoms with E-state index in [0.717, 1.165) is 28.3 Å². The Morgan fingerprint density at radius 1 is 1.18 bits per heavy atom. The molecule has 18 heteroatoms. The molecule has 51 heavy (non-hydrogen) atoms. The Kier molecular flexibility index (Phi) is 9.71. The molecular formula is C33H32ClF3N10O4. The zero-order chi connectivity index (χ0) is 36.6. The lowest BCUT2D eigenvalue weighted by atomic mass is 9.90. The Labute approximate surface area is 293 Å². The number of aromatic nitrogens is 6. The minimum absolute atomic E-state index is 0.0303. The number of rotatable bonds is 7. The third-order valence-corrected chi connectivity index (χ3v) is 9.32. The van der Waals surface area contributed by atoms with Crippen molar-refractivity contribution in [3.05, 3.63) is 74.4 Å². The molecule has 1 unspecified atom stereocenters. The first-order chi connectivity index (χ1) is 24.3. The number of fused-ring (bicyclic) bond motifs is 1. The number of nitrogens with one attached hydrogen (secondary N) is 1. The van der Waals surface area contributed by atoms with Gasteiger partial charge < -0.3 is 24.8 Å². The first-order valence-corrected chi connectivity index (χ1v) is 16.5. The summed E-state index contributed by atoms with van der Waals surface area (Å²) in [4.78, 5) is 56.8. The molecule has 0 spiro atoms. The summed E-state index contributed by atoms with van der Waals surface area (Å²) >= 11 is 6.11. The van der Waals surface area contributed by atoms with Gasteiger partial charge in [0.25, 0.3) is 11.5 Å². The molecule has 0 bridgehead atoms. The van der Waals surface area contributed by atoms with Gasteiger partial charge in [0.1, 0.15) is 18.6 Å². The average molecular weight is 725 g/mol. The average Bonchev–Trinajstić information content (AvgIpc) is 3.57. The van der Waals surface area contributed by atoms with Crippen molar-refractivity contribution in [2.24, 2.45) is 5.92 Å². The predicted octanol–water partition coefficient (Wildman–Crippen LogP) is 4.24. The summed E-state index contributed by atoms with van der Waals surface area (Å²) in [5, 5.41) is 26.5. The lowest BCUT2D eigenvalue weighted by molar-refractivity contribution is -0.137. The Balaban J connectivity index is 1.36. The molecule has 4 aromatic rings. The number of amides is 2. The van der Waals surface area contributed by atoms with Crippen LogP contribution in [0.2, 0.25) is 5.02 Å². The predicted molar refractivity (Wildman–Crippen MR) is 179 cm³/mol. The molecule has 14 nitrogen and oxygen atoms in total. The molecule has 4 heterocycles. The fourth-order valence-electron chi connectivity index (χ4n) is 6.25. The largest absolute Gasteiger partial charge is 0.504 e. The Morgan fingerprint density at radius 2 is 1.92 bits per heavy atom. The van der Waals surface area contributed by atoms with Gasteiger partial charge in [-0.3, -0.25) is 14.4 Å². The van der Waals surface area contributed by atoms with Gasteiger partial charge in [0.15, 0.2) is 17.3 Å². The Hall–Kier alpha value is -5.50. The first kappa shape index (κ1) is 35.3. The van der Waals surface area contributed by atoms with Crippen LogP contribution in [0.1, 0.15) is 59.5 Å². The molecule has 1 aliphatic carbocycles. The fourth-order valence-corrected chi connectivity index (χ4v) is 6.48. The number of aromatic hydroxyl groups is 1. The quantitative estimate of drug-likeness (QED) is 0.281. The van der Waals surface area contributed by atoms with Crippen LogP contribution in [0, 0.1) is 24.2 Å². The zero-order valence-corrected chi connectivity index (χ0v) is 28.3. The maximum atomic E-state index is 14.2. The number of nitriles is 1. The van der Waals surface area contributed by atoms with Crippen molar-refractivity contribution in [3.8, 4) is 11.8 Å². The number of alkyl halides is 3. The van der Waals surface area contributed by atoms with Crippen molar-refractivity contribution in [3.63, 3.8) is 0 Å². The standard InChI is InChI=1S/C33H32ClF3N10O4/c1-3-24-27(44-10-12-45(13-11-44)30(50)26-28(49)18(2)39-17-40-26)31(51)47-32(42-29(43-47)20-6-4-19(15-38)5-7-20)46(24)16-25(48)41-23-9-8-21(14-22(23)34)33(35,36)37/h6,8-9,14,17,19,49H,3-5,7,10-13,16H2,1-2H3,(H,41,48). The molecule has 266 valence electrons. The van der Waals surface area contributed by atoms with Crippen molar-refractivity contribution in [1.29, 1.82) is 5.26 Å². The summed E-state index contributed by atoms with van der Waals surface area (Å²) in [5.74, 6) is -1.22. The Bertz CT molecular complexity index is 2170. The molecule has 1 atom stereocenters. The van der Waals surface area contributed by atoms with E-state index in [1.165, 1.54) is 11.2 Å². The van der Waals surface area contributed by atoms with E-state index >= 15 is 0 Å². The zero-order valence-electron chi connectivity index (χ0n) is 27.5. The summed E-state index contributed by atoms with van der Waals surface area (Å²) in [5.41, 5.74) is 0.108. The minimum atomic E-state index is -4.62. The van der Waals surface area contributed by atoms with Gasteiger partial charge >= 0.3 is 6.18 Å². The van der Waals surface area contributed by atoms with Crippen LogP contribution in [-0.4, -0.2) is 77.1 Å². The molecule has 1 saturated heterocycles. The smallest absolute Gasteiger partial charge is 0.416 e. The molecule has 1 aliphatic heterocycles. The van der Waals surface area contributed by atoms with Crippen molar-refractivity contribution in [1.82, 2.24) is 34.0 Å². The minimum Gasteiger partial charge on any atom is -0.504 e. The molecular weight excluding hydrogens is 693 g/mol. The van der Waals surface area contributed by atoms with Gasteiger partial charge in [-0.25, -0.2) is 9.97 Å². The second-order valence-corrected chi connectivity index (χ2v) is 12.6. The monoisotopic (exact) mass is 724 g/mol. The SMILES string of the molecule is CCc1c(N2CCN(C(=O)c3ncnc(C)c3O)CC2)c(=O)n2nc(C3=CCC(C#N)CC3)nc2n1CC(=O)Nc1ccc(C(F)(F)F)cc1Cl. The van der Waals surface area contributed by atoms with Gasteiger partial charge in [0.05, 0.1) is 39.6 Å². The van der Waals surface area contributed by atoms with Crippen molar-refractivity contribution in [2.45, 2.75) is 52.3 Å². The number of aryl methyl sites for hydroxylation is 1. The van der Waals surface area contributed by atoms with E-state index in [1.54, 1.807) is 23.3 Å². The normalized spacial score (nSPS) is 16.6. The van der Waals surface area contributed by atoms with E-state index < -0.39 is 35.7 Å². The molecule has 1 fully saturated rings. The summed E-state index contributed by atoms with van der Waals surface area (Å²) in [6.45, 7) is 3.78. The highest BCUT2D eigenvalue weighted by molar-refractivity contribution is 6.33. The van der Waals surface area contributed by atoms with Crippen molar-refractivity contribution in [2.75, 3.05) is 36.4 Å². The Morgan fingerprint density at radius 3 is 2.55 bits per heavy atom. The number of piperazine rings is 1. The summed E-state index contributed by atoms with van der Waals surface area (Å²) < 4.78 is 42.3. The molecule has 1 aromatic carbocycles. The molecule has 3 aromatic heterocycles. The molecule has 2 N–H and O–H groups in total. The van der Waals surface area contributed by atoms with Crippen molar-refractivity contribution >= 4 is 46.1 Å². The highest BCUT2D eigenvalue weighted by atomic mass is 35.5. The number of nitrogens with zero attached hydrogens (tertiary/aromatic N) is 9. The molecule has 0 saturated carbocycles. The van der Waals surface area contributed by atoms with E-state index in [9.17, 15) is 37.9 Å². The van der Waals surface area contributed by atoms with Crippen LogP contribution in [-0.2, 0) is 23.9 Å². The number of anilines is 2. The number of carbonyl (C=O) groups excluding carboxylic acids is 2. The van der Waals surface area contributed by atoms with Crippen LogP contribution in [0.4, 0.5) is 24.5 Å². The van der Waals surface area contributed by atoms with Gasteiger partial charge in [-0.15, -0.1) is 5.10 Å². The second kappa shape index (κ2) is 14.0. The second-order valence-electron chi connectivity index (χ2n) is 12.2. The summed E-state index contributed by atoms with van der Waals surface area (Å²) in [6.07, 6.45) is 0.336. The van der Waals surface area contributed by atoms with Crippen LogP contribution in [0.15, 0.2) is 35.4 Å². The number of halogens is 4. The number of hydrogen-bond acceptors (Lipinski definition) is 10. The van der Waals surface area contributed by atoms with E-state index in [4.69, 9.17) is 11.6 Å². The topological polar surface area (TPSA) is 175 Å². The molecule has 2 amide bonds. The van der Waals surface area contributed by atoms with Crippen LogP contribution < -0.4 is 15.8 Å². The molecule has 6 rings (SSSR count).